The monoisotopic (exact) mass is 182 g/mol. The smallest absolute Gasteiger partial charge is 0.234 e. The molecule has 0 unspecified atom stereocenters. The predicted octanol–water partition coefficient (Wildman–Crippen LogP) is -0.137. The van der Waals surface area contributed by atoms with Crippen molar-refractivity contribution in [2.45, 2.75) is 19.4 Å². The Labute approximate surface area is 75.0 Å². The zero-order chi connectivity index (χ0) is 9.84. The fourth-order valence-corrected chi connectivity index (χ4v) is 0.821. The number of hydrogen-bond donors (Lipinski definition) is 1. The number of rotatable bonds is 3. The molecule has 0 saturated heterocycles. The summed E-state index contributed by atoms with van der Waals surface area (Å²) in [6.45, 7) is 1.24. The molecule has 1 atom stereocenters. The number of hydrogen-bond acceptors (Lipinski definition) is 4. The minimum atomic E-state index is -1.21. The van der Waals surface area contributed by atoms with Crippen LogP contribution in [0.4, 0.5) is 0 Å². The summed E-state index contributed by atoms with van der Waals surface area (Å²) in [5.41, 5.74) is 0. The number of imidazole rings is 1. The Bertz CT molecular complexity index is 305. The van der Waals surface area contributed by atoms with Gasteiger partial charge in [0.1, 0.15) is 12.4 Å². The molecule has 0 aliphatic carbocycles. The van der Waals surface area contributed by atoms with Gasteiger partial charge in [0, 0.05) is 12.4 Å². The summed E-state index contributed by atoms with van der Waals surface area (Å²) in [6.07, 6.45) is 2.84. The van der Waals surface area contributed by atoms with E-state index in [9.17, 15) is 9.59 Å². The highest BCUT2D eigenvalue weighted by Crippen LogP contribution is 1.97. The normalized spacial score (nSPS) is 12.5. The van der Waals surface area contributed by atoms with Crippen LogP contribution in [0.1, 0.15) is 18.1 Å². The van der Waals surface area contributed by atoms with E-state index in [2.05, 4.69) is 4.98 Å². The minimum absolute atomic E-state index is 0.203. The number of ketones is 1. The predicted molar refractivity (Wildman–Crippen MR) is 44.2 cm³/mol. The molecule has 0 aliphatic heterocycles. The lowest BCUT2D eigenvalue weighted by molar-refractivity contribution is -0.124. The average molecular weight is 182 g/mol. The molecule has 0 aliphatic rings. The Morgan fingerprint density at radius 1 is 1.62 bits per heavy atom. The second-order valence-corrected chi connectivity index (χ2v) is 2.69. The first-order valence-corrected chi connectivity index (χ1v) is 3.81. The van der Waals surface area contributed by atoms with E-state index >= 15 is 0 Å². The Morgan fingerprint density at radius 2 is 2.31 bits per heavy atom. The average Bonchev–Trinajstić information content (AvgIpc) is 2.55. The minimum Gasteiger partial charge on any atom is -0.385 e. The summed E-state index contributed by atoms with van der Waals surface area (Å²) in [5, 5.41) is 9.09. The molecule has 5 nitrogen and oxygen atoms in total. The number of Topliss-reactive ketones (excluding diaryl/α,β-unsaturated/α-hetero) is 1. The molecule has 0 bridgehead atoms. The molecule has 0 aromatic carbocycles. The maximum atomic E-state index is 11.2. The van der Waals surface area contributed by atoms with Crippen LogP contribution in [0.25, 0.3) is 0 Å². The Hall–Kier alpha value is -1.49. The number of carbonyl (C=O) groups is 2. The van der Waals surface area contributed by atoms with Crippen molar-refractivity contribution in [1.29, 1.82) is 0 Å². The lowest BCUT2D eigenvalue weighted by Gasteiger charge is -2.04. The second-order valence-electron chi connectivity index (χ2n) is 2.69. The van der Waals surface area contributed by atoms with Crippen LogP contribution in [0.3, 0.4) is 0 Å². The third-order valence-electron chi connectivity index (χ3n) is 1.63. The van der Waals surface area contributed by atoms with E-state index in [1.165, 1.54) is 30.2 Å². The maximum absolute atomic E-state index is 11.2. The van der Waals surface area contributed by atoms with Crippen LogP contribution in [-0.4, -0.2) is 32.5 Å². The van der Waals surface area contributed by atoms with Crippen LogP contribution in [0.5, 0.6) is 0 Å². The van der Waals surface area contributed by atoms with Crippen molar-refractivity contribution < 1.29 is 14.7 Å². The van der Waals surface area contributed by atoms with E-state index in [4.69, 9.17) is 5.11 Å². The van der Waals surface area contributed by atoms with Crippen LogP contribution >= 0.6 is 0 Å². The molecule has 0 amide bonds. The number of aliphatic hydroxyl groups excluding tert-OH is 1. The molecular formula is C8H10N2O3. The summed E-state index contributed by atoms with van der Waals surface area (Å²) in [7, 11) is 0. The van der Waals surface area contributed by atoms with Gasteiger partial charge in [-0.2, -0.15) is 0 Å². The zero-order valence-electron chi connectivity index (χ0n) is 7.17. The fourth-order valence-electron chi connectivity index (χ4n) is 0.821. The van der Waals surface area contributed by atoms with Gasteiger partial charge in [0.2, 0.25) is 5.91 Å². The lowest BCUT2D eigenvalue weighted by atomic mass is 10.2. The van der Waals surface area contributed by atoms with Gasteiger partial charge >= 0.3 is 0 Å². The summed E-state index contributed by atoms with van der Waals surface area (Å²) >= 11 is 0. The largest absolute Gasteiger partial charge is 0.385 e. The fraction of sp³-hybridized carbons (Fsp3) is 0.375. The number of aliphatic hydroxyl groups is 1. The van der Waals surface area contributed by atoms with E-state index in [-0.39, 0.29) is 12.3 Å². The van der Waals surface area contributed by atoms with Crippen molar-refractivity contribution in [3.63, 3.8) is 0 Å². The molecule has 0 fully saturated rings. The van der Waals surface area contributed by atoms with E-state index in [0.29, 0.717) is 0 Å². The van der Waals surface area contributed by atoms with Crippen molar-refractivity contribution in [1.82, 2.24) is 9.55 Å². The third-order valence-corrected chi connectivity index (χ3v) is 1.63. The lowest BCUT2D eigenvalue weighted by Crippen LogP contribution is -2.23. The van der Waals surface area contributed by atoms with Crippen molar-refractivity contribution >= 4 is 11.7 Å². The van der Waals surface area contributed by atoms with E-state index < -0.39 is 11.9 Å². The van der Waals surface area contributed by atoms with Crippen molar-refractivity contribution in [2.24, 2.45) is 0 Å². The number of carbonyl (C=O) groups excluding carboxylic acids is 2. The molecule has 1 aromatic rings. The van der Waals surface area contributed by atoms with Gasteiger partial charge in [0.25, 0.3) is 0 Å². The van der Waals surface area contributed by atoms with Gasteiger partial charge in [-0.05, 0) is 6.92 Å². The Morgan fingerprint density at radius 3 is 2.77 bits per heavy atom. The molecule has 1 N–H and O–H groups in total. The summed E-state index contributed by atoms with van der Waals surface area (Å²) < 4.78 is 1.23. The van der Waals surface area contributed by atoms with Crippen molar-refractivity contribution in [3.05, 3.63) is 18.7 Å². The summed E-state index contributed by atoms with van der Waals surface area (Å²) in [5.74, 6) is -0.756. The molecule has 0 spiro atoms. The molecule has 13 heavy (non-hydrogen) atoms. The highest BCUT2D eigenvalue weighted by Gasteiger charge is 2.15. The quantitative estimate of drug-likeness (QED) is 0.706. The first-order valence-electron chi connectivity index (χ1n) is 3.81. The van der Waals surface area contributed by atoms with E-state index in [1.807, 2.05) is 0 Å². The molecular weight excluding hydrogens is 172 g/mol. The molecule has 5 heteroatoms. The third kappa shape index (κ3) is 2.48. The van der Waals surface area contributed by atoms with Crippen LogP contribution in [0.2, 0.25) is 0 Å². The van der Waals surface area contributed by atoms with Crippen LogP contribution in [0, 0.1) is 0 Å². The maximum Gasteiger partial charge on any atom is 0.234 e. The van der Waals surface area contributed by atoms with Gasteiger partial charge in [-0.15, -0.1) is 0 Å². The highest BCUT2D eigenvalue weighted by molar-refractivity contribution is 5.88. The SMILES string of the molecule is CC(=O)[C@H](O)CC(=O)n1ccnc1. The van der Waals surface area contributed by atoms with Gasteiger partial charge in [0.15, 0.2) is 5.78 Å². The zero-order valence-corrected chi connectivity index (χ0v) is 7.17. The first kappa shape index (κ1) is 9.60. The Balaban J connectivity index is 2.56. The number of aromatic nitrogens is 2. The molecule has 1 aromatic heterocycles. The Kier molecular flexibility index (Phi) is 2.92. The molecule has 0 radical (unpaired) electrons. The summed E-state index contributed by atoms with van der Waals surface area (Å²) in [6, 6.07) is 0. The van der Waals surface area contributed by atoms with E-state index in [1.54, 1.807) is 0 Å². The van der Waals surface area contributed by atoms with Crippen LogP contribution in [0.15, 0.2) is 18.7 Å². The standard InChI is InChI=1S/C8H10N2O3/c1-6(11)7(12)4-8(13)10-3-2-9-5-10/h2-3,5,7,12H,4H2,1H3/t7-/m1/s1. The molecule has 0 saturated carbocycles. The van der Waals surface area contributed by atoms with Crippen LogP contribution < -0.4 is 0 Å². The van der Waals surface area contributed by atoms with Gasteiger partial charge < -0.3 is 5.11 Å². The van der Waals surface area contributed by atoms with Gasteiger partial charge in [0.05, 0.1) is 6.42 Å². The molecule has 70 valence electrons. The summed E-state index contributed by atoms with van der Waals surface area (Å²) in [4.78, 5) is 25.5. The molecule has 1 heterocycles. The first-order chi connectivity index (χ1) is 6.11. The second kappa shape index (κ2) is 3.95. The van der Waals surface area contributed by atoms with Gasteiger partial charge in [-0.1, -0.05) is 0 Å². The van der Waals surface area contributed by atoms with Gasteiger partial charge in [-0.3, -0.25) is 14.2 Å². The van der Waals surface area contributed by atoms with Crippen molar-refractivity contribution in [2.75, 3.05) is 0 Å². The molecule has 1 rings (SSSR count). The number of nitrogens with zero attached hydrogens (tertiary/aromatic N) is 2. The van der Waals surface area contributed by atoms with Crippen molar-refractivity contribution in [3.8, 4) is 0 Å². The topological polar surface area (TPSA) is 72.2 Å². The van der Waals surface area contributed by atoms with E-state index in [0.717, 1.165) is 0 Å². The highest BCUT2D eigenvalue weighted by atomic mass is 16.3. The van der Waals surface area contributed by atoms with Crippen LogP contribution in [-0.2, 0) is 4.79 Å². The van der Waals surface area contributed by atoms with Gasteiger partial charge in [-0.25, -0.2) is 4.98 Å².